The number of carbonyl (C=O) groups is 3. The van der Waals surface area contributed by atoms with Crippen LogP contribution in [0.4, 0.5) is 0 Å². The van der Waals surface area contributed by atoms with E-state index < -0.39 is 24.0 Å². The zero-order valence-corrected chi connectivity index (χ0v) is 14.5. The van der Waals surface area contributed by atoms with Gasteiger partial charge in [0.25, 0.3) is 5.91 Å². The molecular formula is C20H22N2O4. The molecule has 2 unspecified atom stereocenters. The number of carboxylic acid groups (broad SMARTS) is 1. The lowest BCUT2D eigenvalue weighted by atomic mass is 10.0. The van der Waals surface area contributed by atoms with E-state index in [1.165, 1.54) is 0 Å². The van der Waals surface area contributed by atoms with Crippen LogP contribution in [0, 0.1) is 0 Å². The number of benzene rings is 2. The van der Waals surface area contributed by atoms with Crippen molar-refractivity contribution in [2.24, 2.45) is 0 Å². The van der Waals surface area contributed by atoms with Crippen molar-refractivity contribution in [1.29, 1.82) is 0 Å². The van der Waals surface area contributed by atoms with Gasteiger partial charge in [-0.25, -0.2) is 4.79 Å². The quantitative estimate of drug-likeness (QED) is 0.679. The summed E-state index contributed by atoms with van der Waals surface area (Å²) in [5.41, 5.74) is 1.26. The highest BCUT2D eigenvalue weighted by molar-refractivity contribution is 5.94. The highest BCUT2D eigenvalue weighted by Gasteiger charge is 2.22. The van der Waals surface area contributed by atoms with Crippen molar-refractivity contribution >= 4 is 17.8 Å². The summed E-state index contributed by atoms with van der Waals surface area (Å²) in [5, 5.41) is 14.4. The molecule has 6 heteroatoms. The van der Waals surface area contributed by atoms with Gasteiger partial charge in [-0.05, 0) is 24.1 Å². The molecule has 0 aromatic heterocycles. The molecule has 0 spiro atoms. The Labute approximate surface area is 152 Å². The van der Waals surface area contributed by atoms with Crippen LogP contribution in [-0.4, -0.2) is 28.9 Å². The molecular weight excluding hydrogens is 332 g/mol. The van der Waals surface area contributed by atoms with Crippen molar-refractivity contribution in [1.82, 2.24) is 10.6 Å². The van der Waals surface area contributed by atoms with Gasteiger partial charge in [0.2, 0.25) is 5.91 Å². The number of carboxylic acids is 1. The molecule has 0 aliphatic heterocycles. The van der Waals surface area contributed by atoms with Crippen LogP contribution in [0.1, 0.15) is 41.7 Å². The Morgan fingerprint density at radius 2 is 1.50 bits per heavy atom. The normalized spacial score (nSPS) is 12.7. The molecule has 0 fully saturated rings. The zero-order chi connectivity index (χ0) is 18.9. The first-order valence-corrected chi connectivity index (χ1v) is 8.44. The standard InChI is InChI=1S/C20H22N2O4/c1-2-16(20(25)26)21-18(23)13-17(14-9-5-3-6-10-14)22-19(24)15-11-7-4-8-12-15/h3-12,16-17H,2,13H2,1H3,(H,21,23)(H,22,24)(H,25,26). The molecule has 3 N–H and O–H groups in total. The Bertz CT molecular complexity index is 747. The van der Waals surface area contributed by atoms with Crippen molar-refractivity contribution in [3.63, 3.8) is 0 Å². The Balaban J connectivity index is 2.13. The van der Waals surface area contributed by atoms with Crippen LogP contribution in [0.2, 0.25) is 0 Å². The molecule has 0 heterocycles. The molecule has 2 rings (SSSR count). The van der Waals surface area contributed by atoms with Gasteiger partial charge in [-0.15, -0.1) is 0 Å². The van der Waals surface area contributed by atoms with Gasteiger partial charge in [0, 0.05) is 5.56 Å². The molecule has 2 aromatic rings. The third-order valence-corrected chi connectivity index (χ3v) is 3.97. The first kappa shape index (κ1) is 19.2. The molecule has 0 aliphatic carbocycles. The predicted octanol–water partition coefficient (Wildman–Crippen LogP) is 2.53. The minimum Gasteiger partial charge on any atom is -0.480 e. The Morgan fingerprint density at radius 3 is 2.04 bits per heavy atom. The Morgan fingerprint density at radius 1 is 0.923 bits per heavy atom. The summed E-state index contributed by atoms with van der Waals surface area (Å²) in [6, 6.07) is 16.3. The van der Waals surface area contributed by atoms with E-state index >= 15 is 0 Å². The lowest BCUT2D eigenvalue weighted by Crippen LogP contribution is -2.42. The SMILES string of the molecule is CCC(NC(=O)CC(NC(=O)c1ccccc1)c1ccccc1)C(=O)O. The second-order valence-corrected chi connectivity index (χ2v) is 5.87. The number of hydrogen-bond acceptors (Lipinski definition) is 3. The first-order valence-electron chi connectivity index (χ1n) is 8.44. The number of aliphatic carboxylic acids is 1. The zero-order valence-electron chi connectivity index (χ0n) is 14.5. The van der Waals surface area contributed by atoms with Crippen molar-refractivity contribution in [3.8, 4) is 0 Å². The Hall–Kier alpha value is -3.15. The van der Waals surface area contributed by atoms with E-state index in [4.69, 9.17) is 5.11 Å². The van der Waals surface area contributed by atoms with Gasteiger partial charge in [0.15, 0.2) is 0 Å². The minimum atomic E-state index is -1.08. The highest BCUT2D eigenvalue weighted by Crippen LogP contribution is 2.17. The second kappa shape index (κ2) is 9.36. The van der Waals surface area contributed by atoms with Crippen LogP contribution in [-0.2, 0) is 9.59 Å². The summed E-state index contributed by atoms with van der Waals surface area (Å²) < 4.78 is 0. The van der Waals surface area contributed by atoms with Crippen molar-refractivity contribution in [3.05, 3.63) is 71.8 Å². The third kappa shape index (κ3) is 5.44. The molecule has 136 valence electrons. The van der Waals surface area contributed by atoms with E-state index in [0.717, 1.165) is 5.56 Å². The average Bonchev–Trinajstić information content (AvgIpc) is 2.66. The fourth-order valence-electron chi connectivity index (χ4n) is 2.55. The van der Waals surface area contributed by atoms with Crippen LogP contribution >= 0.6 is 0 Å². The molecule has 2 atom stereocenters. The lowest BCUT2D eigenvalue weighted by Gasteiger charge is -2.20. The second-order valence-electron chi connectivity index (χ2n) is 5.87. The van der Waals surface area contributed by atoms with E-state index in [-0.39, 0.29) is 18.7 Å². The maximum atomic E-state index is 12.5. The number of hydrogen-bond donors (Lipinski definition) is 3. The molecule has 2 amide bonds. The molecule has 0 saturated carbocycles. The molecule has 0 saturated heterocycles. The number of nitrogens with one attached hydrogen (secondary N) is 2. The van der Waals surface area contributed by atoms with Gasteiger partial charge >= 0.3 is 5.97 Å². The smallest absolute Gasteiger partial charge is 0.326 e. The van der Waals surface area contributed by atoms with Crippen LogP contribution in [0.3, 0.4) is 0 Å². The lowest BCUT2D eigenvalue weighted by molar-refractivity contribution is -0.142. The fraction of sp³-hybridized carbons (Fsp3) is 0.250. The summed E-state index contributed by atoms with van der Waals surface area (Å²) in [6.07, 6.45) is 0.236. The van der Waals surface area contributed by atoms with Crippen LogP contribution < -0.4 is 10.6 Å². The van der Waals surface area contributed by atoms with Crippen LogP contribution in [0.15, 0.2) is 60.7 Å². The number of carbonyl (C=O) groups excluding carboxylic acids is 2. The molecule has 0 radical (unpaired) electrons. The van der Waals surface area contributed by atoms with Gasteiger partial charge in [-0.2, -0.15) is 0 Å². The average molecular weight is 354 g/mol. The Kier molecular flexibility index (Phi) is 6.91. The van der Waals surface area contributed by atoms with E-state index in [9.17, 15) is 14.4 Å². The maximum Gasteiger partial charge on any atom is 0.326 e. The molecule has 2 aromatic carbocycles. The van der Waals surface area contributed by atoms with Gasteiger partial charge in [-0.1, -0.05) is 55.5 Å². The number of rotatable bonds is 8. The highest BCUT2D eigenvalue weighted by atomic mass is 16.4. The summed E-state index contributed by atoms with van der Waals surface area (Å²) in [6.45, 7) is 1.69. The molecule has 6 nitrogen and oxygen atoms in total. The van der Waals surface area contributed by atoms with Gasteiger partial charge in [-0.3, -0.25) is 9.59 Å². The van der Waals surface area contributed by atoms with Gasteiger partial charge in [0.05, 0.1) is 12.5 Å². The summed E-state index contributed by atoms with van der Waals surface area (Å²) in [5.74, 6) is -1.80. The minimum absolute atomic E-state index is 0.0492. The number of amides is 2. The monoisotopic (exact) mass is 354 g/mol. The van der Waals surface area contributed by atoms with Crippen LogP contribution in [0.25, 0.3) is 0 Å². The van der Waals surface area contributed by atoms with E-state index in [2.05, 4.69) is 10.6 Å². The molecule has 0 bridgehead atoms. The van der Waals surface area contributed by atoms with E-state index in [1.807, 2.05) is 36.4 Å². The predicted molar refractivity (Wildman–Crippen MR) is 97.6 cm³/mol. The molecule has 0 aliphatic rings. The van der Waals surface area contributed by atoms with Crippen molar-refractivity contribution in [2.45, 2.75) is 31.8 Å². The summed E-state index contributed by atoms with van der Waals surface area (Å²) in [7, 11) is 0. The van der Waals surface area contributed by atoms with Crippen molar-refractivity contribution in [2.75, 3.05) is 0 Å². The van der Waals surface area contributed by atoms with Crippen molar-refractivity contribution < 1.29 is 19.5 Å². The van der Waals surface area contributed by atoms with E-state index in [0.29, 0.717) is 5.56 Å². The van der Waals surface area contributed by atoms with Crippen LogP contribution in [0.5, 0.6) is 0 Å². The van der Waals surface area contributed by atoms with E-state index in [1.54, 1.807) is 31.2 Å². The van der Waals surface area contributed by atoms with Gasteiger partial charge < -0.3 is 15.7 Å². The fourth-order valence-corrected chi connectivity index (χ4v) is 2.55. The topological polar surface area (TPSA) is 95.5 Å². The summed E-state index contributed by atoms with van der Waals surface area (Å²) >= 11 is 0. The molecule has 26 heavy (non-hydrogen) atoms. The third-order valence-electron chi connectivity index (χ3n) is 3.97. The van der Waals surface area contributed by atoms with Gasteiger partial charge in [0.1, 0.15) is 6.04 Å². The summed E-state index contributed by atoms with van der Waals surface area (Å²) in [4.78, 5) is 35.9. The largest absolute Gasteiger partial charge is 0.480 e. The first-order chi connectivity index (χ1) is 12.5. The maximum absolute atomic E-state index is 12.5.